The summed E-state index contributed by atoms with van der Waals surface area (Å²) < 4.78 is 0. The zero-order valence-electron chi connectivity index (χ0n) is 12.4. The molecule has 1 aromatic carbocycles. The first-order valence-corrected chi connectivity index (χ1v) is 7.49. The van der Waals surface area contributed by atoms with Crippen molar-refractivity contribution >= 4 is 11.8 Å². The van der Waals surface area contributed by atoms with E-state index in [0.717, 1.165) is 25.8 Å². The molecule has 1 aliphatic heterocycles. The maximum absolute atomic E-state index is 12.1. The van der Waals surface area contributed by atoms with Gasteiger partial charge in [-0.05, 0) is 38.3 Å². The van der Waals surface area contributed by atoms with E-state index in [1.165, 1.54) is 0 Å². The number of rotatable bonds is 4. The molecule has 0 aromatic heterocycles. The molecule has 2 amide bonds. The fourth-order valence-electron chi connectivity index (χ4n) is 2.67. The van der Waals surface area contributed by atoms with Crippen molar-refractivity contribution < 1.29 is 9.59 Å². The van der Waals surface area contributed by atoms with E-state index in [4.69, 9.17) is 5.73 Å². The van der Waals surface area contributed by atoms with E-state index in [2.05, 4.69) is 5.32 Å². The summed E-state index contributed by atoms with van der Waals surface area (Å²) >= 11 is 0. The lowest BCUT2D eigenvalue weighted by Gasteiger charge is -2.36. The lowest BCUT2D eigenvalue weighted by molar-refractivity contribution is -0.135. The Morgan fingerprint density at radius 3 is 2.71 bits per heavy atom. The third-order valence-corrected chi connectivity index (χ3v) is 3.83. The van der Waals surface area contributed by atoms with Crippen molar-refractivity contribution in [2.24, 2.45) is 5.73 Å². The summed E-state index contributed by atoms with van der Waals surface area (Å²) in [5, 5.41) is 2.92. The number of piperidine rings is 1. The van der Waals surface area contributed by atoms with Crippen LogP contribution in [0.5, 0.6) is 0 Å². The third kappa shape index (κ3) is 4.04. The third-order valence-electron chi connectivity index (χ3n) is 3.83. The highest BCUT2D eigenvalue weighted by molar-refractivity contribution is 5.94. The van der Waals surface area contributed by atoms with Crippen LogP contribution in [0.3, 0.4) is 0 Å². The van der Waals surface area contributed by atoms with E-state index < -0.39 is 6.04 Å². The highest BCUT2D eigenvalue weighted by atomic mass is 16.2. The Morgan fingerprint density at radius 1 is 1.33 bits per heavy atom. The summed E-state index contributed by atoms with van der Waals surface area (Å²) in [4.78, 5) is 26.0. The van der Waals surface area contributed by atoms with Crippen molar-refractivity contribution in [3.05, 3.63) is 35.9 Å². The predicted octanol–water partition coefficient (Wildman–Crippen LogP) is 1.14. The summed E-state index contributed by atoms with van der Waals surface area (Å²) in [6, 6.07) is 8.66. The Bertz CT molecular complexity index is 488. The number of carbonyl (C=O) groups excluding carboxylic acids is 2. The molecule has 1 aromatic rings. The van der Waals surface area contributed by atoms with Crippen LogP contribution in [-0.4, -0.2) is 41.9 Å². The van der Waals surface area contributed by atoms with Crippen LogP contribution < -0.4 is 11.1 Å². The number of hydrogen-bond acceptors (Lipinski definition) is 3. The average Bonchev–Trinajstić information content (AvgIpc) is 2.53. The van der Waals surface area contributed by atoms with Crippen LogP contribution in [0.4, 0.5) is 0 Å². The number of likely N-dealkylation sites (tertiary alicyclic amines) is 1. The quantitative estimate of drug-likeness (QED) is 0.873. The second-order valence-electron chi connectivity index (χ2n) is 5.55. The molecular weight excluding hydrogens is 266 g/mol. The SMILES string of the molecule is C[C@H](N)C(=O)N1CCCCC1CNC(=O)c1ccccc1. The zero-order chi connectivity index (χ0) is 15.2. The minimum atomic E-state index is -0.490. The molecule has 3 N–H and O–H groups in total. The number of carbonyl (C=O) groups is 2. The van der Waals surface area contributed by atoms with Crippen LogP contribution >= 0.6 is 0 Å². The molecule has 2 rings (SSSR count). The molecule has 114 valence electrons. The van der Waals surface area contributed by atoms with E-state index in [1.54, 1.807) is 19.1 Å². The molecular formula is C16H23N3O2. The first-order chi connectivity index (χ1) is 10.1. The molecule has 5 heteroatoms. The number of amides is 2. The van der Waals surface area contributed by atoms with Gasteiger partial charge in [-0.3, -0.25) is 9.59 Å². The Kier molecular flexibility index (Phi) is 5.33. The molecule has 1 saturated heterocycles. The Hall–Kier alpha value is -1.88. The highest BCUT2D eigenvalue weighted by Crippen LogP contribution is 2.17. The van der Waals surface area contributed by atoms with Gasteiger partial charge in [0.15, 0.2) is 0 Å². The Labute approximate surface area is 125 Å². The minimum Gasteiger partial charge on any atom is -0.350 e. The van der Waals surface area contributed by atoms with Gasteiger partial charge in [-0.25, -0.2) is 0 Å². The van der Waals surface area contributed by atoms with Crippen molar-refractivity contribution in [3.8, 4) is 0 Å². The van der Waals surface area contributed by atoms with Gasteiger partial charge in [-0.15, -0.1) is 0 Å². The molecule has 1 heterocycles. The van der Waals surface area contributed by atoms with Crippen LogP contribution in [0.15, 0.2) is 30.3 Å². The molecule has 5 nitrogen and oxygen atoms in total. The van der Waals surface area contributed by atoms with Gasteiger partial charge < -0.3 is 16.0 Å². The fraction of sp³-hybridized carbons (Fsp3) is 0.500. The highest BCUT2D eigenvalue weighted by Gasteiger charge is 2.28. The summed E-state index contributed by atoms with van der Waals surface area (Å²) in [5.41, 5.74) is 6.33. The number of benzene rings is 1. The summed E-state index contributed by atoms with van der Waals surface area (Å²) in [6.45, 7) is 2.91. The summed E-state index contributed by atoms with van der Waals surface area (Å²) in [7, 11) is 0. The van der Waals surface area contributed by atoms with Crippen molar-refractivity contribution in [2.75, 3.05) is 13.1 Å². The molecule has 2 atom stereocenters. The van der Waals surface area contributed by atoms with Crippen LogP contribution in [0.1, 0.15) is 36.5 Å². The number of nitrogens with two attached hydrogens (primary N) is 1. The maximum Gasteiger partial charge on any atom is 0.251 e. The fourth-order valence-corrected chi connectivity index (χ4v) is 2.67. The second kappa shape index (κ2) is 7.22. The topological polar surface area (TPSA) is 75.4 Å². The lowest BCUT2D eigenvalue weighted by Crippen LogP contribution is -2.53. The van der Waals surface area contributed by atoms with E-state index >= 15 is 0 Å². The number of nitrogens with one attached hydrogen (secondary N) is 1. The molecule has 0 aliphatic carbocycles. The van der Waals surface area contributed by atoms with Crippen LogP contribution in [0.25, 0.3) is 0 Å². The van der Waals surface area contributed by atoms with Crippen molar-refractivity contribution in [1.82, 2.24) is 10.2 Å². The van der Waals surface area contributed by atoms with Gasteiger partial charge in [0.05, 0.1) is 6.04 Å². The molecule has 1 unspecified atom stereocenters. The Balaban J connectivity index is 1.94. The standard InChI is InChI=1S/C16H23N3O2/c1-12(17)16(21)19-10-6-5-9-14(19)11-18-15(20)13-7-3-2-4-8-13/h2-4,7-8,12,14H,5-6,9-11,17H2,1H3,(H,18,20)/t12-,14?/m0/s1. The van der Waals surface area contributed by atoms with E-state index in [0.29, 0.717) is 12.1 Å². The molecule has 0 saturated carbocycles. The normalized spacial score (nSPS) is 19.9. The van der Waals surface area contributed by atoms with Gasteiger partial charge in [0.1, 0.15) is 0 Å². The van der Waals surface area contributed by atoms with E-state index in [1.807, 2.05) is 23.1 Å². The second-order valence-corrected chi connectivity index (χ2v) is 5.55. The van der Waals surface area contributed by atoms with Gasteiger partial charge in [-0.2, -0.15) is 0 Å². The molecule has 0 bridgehead atoms. The average molecular weight is 289 g/mol. The van der Waals surface area contributed by atoms with E-state index in [-0.39, 0.29) is 17.9 Å². The van der Waals surface area contributed by atoms with E-state index in [9.17, 15) is 9.59 Å². The molecule has 1 fully saturated rings. The van der Waals surface area contributed by atoms with Crippen LogP contribution in [0.2, 0.25) is 0 Å². The first kappa shape index (κ1) is 15.5. The largest absolute Gasteiger partial charge is 0.350 e. The molecule has 0 radical (unpaired) electrons. The smallest absolute Gasteiger partial charge is 0.251 e. The van der Waals surface area contributed by atoms with Crippen LogP contribution in [-0.2, 0) is 4.79 Å². The van der Waals surface area contributed by atoms with Gasteiger partial charge in [0, 0.05) is 24.7 Å². The Morgan fingerprint density at radius 2 is 2.05 bits per heavy atom. The lowest BCUT2D eigenvalue weighted by atomic mass is 10.0. The molecule has 0 spiro atoms. The predicted molar refractivity (Wildman–Crippen MR) is 81.8 cm³/mol. The number of nitrogens with zero attached hydrogens (tertiary/aromatic N) is 1. The monoisotopic (exact) mass is 289 g/mol. The first-order valence-electron chi connectivity index (χ1n) is 7.49. The van der Waals surface area contributed by atoms with Gasteiger partial charge in [0.25, 0.3) is 5.91 Å². The number of hydrogen-bond donors (Lipinski definition) is 2. The zero-order valence-corrected chi connectivity index (χ0v) is 12.4. The van der Waals surface area contributed by atoms with Gasteiger partial charge in [-0.1, -0.05) is 18.2 Å². The summed E-state index contributed by atoms with van der Waals surface area (Å²) in [6.07, 6.45) is 2.99. The minimum absolute atomic E-state index is 0.0336. The van der Waals surface area contributed by atoms with Gasteiger partial charge >= 0.3 is 0 Å². The molecule has 1 aliphatic rings. The molecule has 21 heavy (non-hydrogen) atoms. The summed E-state index contributed by atoms with van der Waals surface area (Å²) in [5.74, 6) is -0.136. The van der Waals surface area contributed by atoms with Gasteiger partial charge in [0.2, 0.25) is 5.91 Å². The van der Waals surface area contributed by atoms with Crippen LogP contribution in [0, 0.1) is 0 Å². The van der Waals surface area contributed by atoms with Crippen molar-refractivity contribution in [1.29, 1.82) is 0 Å². The van der Waals surface area contributed by atoms with Crippen molar-refractivity contribution in [3.63, 3.8) is 0 Å². The maximum atomic E-state index is 12.1. The van der Waals surface area contributed by atoms with Crippen molar-refractivity contribution in [2.45, 2.75) is 38.3 Å².